The van der Waals surface area contributed by atoms with Crippen molar-refractivity contribution in [2.24, 2.45) is 0 Å². The highest BCUT2D eigenvalue weighted by Gasteiger charge is 2.22. The second kappa shape index (κ2) is 10.6. The maximum atomic E-state index is 12.7. The molecule has 2 aromatic carbocycles. The lowest BCUT2D eigenvalue weighted by molar-refractivity contribution is -0.130. The lowest BCUT2D eigenvalue weighted by Gasteiger charge is -2.28. The number of fused-ring (bicyclic) bond motifs is 1. The second-order valence-corrected chi connectivity index (χ2v) is 8.65. The molecule has 164 valence electrons. The first-order valence-corrected chi connectivity index (χ1v) is 11.6. The summed E-state index contributed by atoms with van der Waals surface area (Å²) in [6.07, 6.45) is 8.89. The van der Waals surface area contributed by atoms with Gasteiger partial charge < -0.3 is 14.7 Å². The summed E-state index contributed by atoms with van der Waals surface area (Å²) in [6, 6.07) is 14.4. The van der Waals surface area contributed by atoms with Gasteiger partial charge in [0.1, 0.15) is 0 Å². The van der Waals surface area contributed by atoms with Crippen LogP contribution in [0.2, 0.25) is 0 Å². The molecule has 2 fully saturated rings. The fraction of sp³-hybridized carbons (Fsp3) is 0.462. The normalized spacial score (nSPS) is 18.6. The molecule has 2 heterocycles. The number of carbonyl (C=O) groups excluding carboxylic acids is 2. The average molecular weight is 420 g/mol. The van der Waals surface area contributed by atoms with Crippen LogP contribution in [-0.4, -0.2) is 72.3 Å². The monoisotopic (exact) mass is 419 g/mol. The van der Waals surface area contributed by atoms with Gasteiger partial charge in [0.25, 0.3) is 0 Å². The Morgan fingerprint density at radius 3 is 2.52 bits per heavy atom. The van der Waals surface area contributed by atoms with Gasteiger partial charge in [0.2, 0.25) is 11.8 Å². The molecular weight excluding hydrogens is 386 g/mol. The predicted molar refractivity (Wildman–Crippen MR) is 126 cm³/mol. The molecule has 2 aliphatic rings. The van der Waals surface area contributed by atoms with Crippen molar-refractivity contribution < 1.29 is 9.59 Å². The van der Waals surface area contributed by atoms with Crippen LogP contribution in [0, 0.1) is 0 Å². The molecule has 0 atom stereocenters. The highest BCUT2D eigenvalue weighted by molar-refractivity contribution is 5.93. The zero-order valence-electron chi connectivity index (χ0n) is 18.3. The zero-order chi connectivity index (χ0) is 21.5. The van der Waals surface area contributed by atoms with E-state index in [0.29, 0.717) is 26.1 Å². The van der Waals surface area contributed by atoms with Gasteiger partial charge in [-0.25, -0.2) is 0 Å². The summed E-state index contributed by atoms with van der Waals surface area (Å²) in [6.45, 7) is 6.00. The fourth-order valence-electron chi connectivity index (χ4n) is 4.58. The molecular formula is C26H33N3O2. The van der Waals surface area contributed by atoms with Crippen molar-refractivity contribution in [3.63, 3.8) is 0 Å². The Morgan fingerprint density at radius 1 is 0.871 bits per heavy atom. The molecule has 0 radical (unpaired) electrons. The number of nitrogens with zero attached hydrogens (tertiary/aromatic N) is 3. The van der Waals surface area contributed by atoms with Gasteiger partial charge in [-0.05, 0) is 67.4 Å². The molecule has 31 heavy (non-hydrogen) atoms. The van der Waals surface area contributed by atoms with E-state index in [1.807, 2.05) is 29.2 Å². The number of carbonyl (C=O) groups is 2. The largest absolute Gasteiger partial charge is 0.341 e. The van der Waals surface area contributed by atoms with Crippen molar-refractivity contribution in [2.75, 3.05) is 45.8 Å². The Bertz CT molecular complexity index is 933. The molecule has 0 N–H and O–H groups in total. The maximum absolute atomic E-state index is 12.7. The van der Waals surface area contributed by atoms with E-state index in [1.54, 1.807) is 11.0 Å². The molecule has 4 rings (SSSR count). The SMILES string of the molecule is O=C(/C=C/c1ccc2ccccc2c1)N1CCC(=O)N(CCCN2CCCCC2)CC1. The van der Waals surface area contributed by atoms with Gasteiger partial charge in [-0.3, -0.25) is 9.59 Å². The summed E-state index contributed by atoms with van der Waals surface area (Å²) in [5.41, 5.74) is 1.01. The van der Waals surface area contributed by atoms with E-state index in [4.69, 9.17) is 0 Å². The van der Waals surface area contributed by atoms with Crippen molar-refractivity contribution in [3.8, 4) is 0 Å². The van der Waals surface area contributed by atoms with Crippen molar-refractivity contribution >= 4 is 28.7 Å². The molecule has 2 aromatic rings. The highest BCUT2D eigenvalue weighted by Crippen LogP contribution is 2.17. The number of piperidine rings is 1. The van der Waals surface area contributed by atoms with E-state index in [0.717, 1.165) is 30.5 Å². The number of amides is 2. The minimum absolute atomic E-state index is 0.0175. The van der Waals surface area contributed by atoms with Gasteiger partial charge in [0.05, 0.1) is 0 Å². The number of rotatable bonds is 6. The standard InChI is InChI=1S/C26H33N3O2/c30-25(12-10-22-9-11-23-7-2-3-8-24(23)21-22)29-18-13-26(31)28(19-20-29)17-6-16-27-14-4-1-5-15-27/h2-3,7-12,21H,1,4-6,13-20H2/b12-10+. The van der Waals surface area contributed by atoms with E-state index < -0.39 is 0 Å². The first-order valence-electron chi connectivity index (χ1n) is 11.6. The van der Waals surface area contributed by atoms with Crippen molar-refractivity contribution in [1.29, 1.82) is 0 Å². The molecule has 0 aromatic heterocycles. The third-order valence-electron chi connectivity index (χ3n) is 6.44. The predicted octanol–water partition coefficient (Wildman–Crippen LogP) is 3.79. The molecule has 5 nitrogen and oxygen atoms in total. The van der Waals surface area contributed by atoms with Crippen LogP contribution in [-0.2, 0) is 9.59 Å². The number of hydrogen-bond acceptors (Lipinski definition) is 3. The highest BCUT2D eigenvalue weighted by atomic mass is 16.2. The minimum atomic E-state index is -0.0175. The fourth-order valence-corrected chi connectivity index (χ4v) is 4.58. The van der Waals surface area contributed by atoms with Gasteiger partial charge in [-0.15, -0.1) is 0 Å². The Morgan fingerprint density at radius 2 is 1.68 bits per heavy atom. The molecule has 0 spiro atoms. The molecule has 2 amide bonds. The van der Waals surface area contributed by atoms with Gasteiger partial charge in [-0.2, -0.15) is 0 Å². The van der Waals surface area contributed by atoms with Gasteiger partial charge in [0, 0.05) is 38.7 Å². The second-order valence-electron chi connectivity index (χ2n) is 8.65. The summed E-state index contributed by atoms with van der Waals surface area (Å²) in [4.78, 5) is 31.5. The maximum Gasteiger partial charge on any atom is 0.246 e. The van der Waals surface area contributed by atoms with Crippen LogP contribution in [0.4, 0.5) is 0 Å². The summed E-state index contributed by atoms with van der Waals surface area (Å²) in [5.74, 6) is 0.156. The molecule has 5 heteroatoms. The molecule has 0 aliphatic carbocycles. The van der Waals surface area contributed by atoms with E-state index in [9.17, 15) is 9.59 Å². The lowest BCUT2D eigenvalue weighted by Crippen LogP contribution is -2.37. The van der Waals surface area contributed by atoms with Crippen LogP contribution in [0.3, 0.4) is 0 Å². The average Bonchev–Trinajstić information content (AvgIpc) is 3.00. The zero-order valence-corrected chi connectivity index (χ0v) is 18.3. The van der Waals surface area contributed by atoms with E-state index >= 15 is 0 Å². The Kier molecular flexibility index (Phi) is 7.36. The molecule has 2 saturated heterocycles. The first kappa shape index (κ1) is 21.6. The Labute approximate surface area is 185 Å². The lowest BCUT2D eigenvalue weighted by atomic mass is 10.1. The van der Waals surface area contributed by atoms with Crippen LogP contribution in [0.1, 0.15) is 37.7 Å². The van der Waals surface area contributed by atoms with Crippen molar-refractivity contribution in [1.82, 2.24) is 14.7 Å². The van der Waals surface area contributed by atoms with Gasteiger partial charge >= 0.3 is 0 Å². The summed E-state index contributed by atoms with van der Waals surface area (Å²) < 4.78 is 0. The van der Waals surface area contributed by atoms with Crippen molar-refractivity contribution in [2.45, 2.75) is 32.1 Å². The topological polar surface area (TPSA) is 43.9 Å². The molecule has 2 aliphatic heterocycles. The van der Waals surface area contributed by atoms with E-state index in [1.165, 1.54) is 37.7 Å². The van der Waals surface area contributed by atoms with E-state index in [-0.39, 0.29) is 11.8 Å². The quantitative estimate of drug-likeness (QED) is 0.669. The molecule has 0 bridgehead atoms. The van der Waals surface area contributed by atoms with Crippen LogP contribution in [0.25, 0.3) is 16.8 Å². The Balaban J connectivity index is 1.28. The first-order chi connectivity index (χ1) is 15.2. The van der Waals surface area contributed by atoms with Crippen molar-refractivity contribution in [3.05, 3.63) is 54.1 Å². The van der Waals surface area contributed by atoms with Crippen LogP contribution in [0.15, 0.2) is 48.5 Å². The summed E-state index contributed by atoms with van der Waals surface area (Å²) in [5, 5.41) is 2.36. The minimum Gasteiger partial charge on any atom is -0.341 e. The molecule has 0 unspecified atom stereocenters. The van der Waals surface area contributed by atoms with Crippen LogP contribution in [0.5, 0.6) is 0 Å². The van der Waals surface area contributed by atoms with Gasteiger partial charge in [0.15, 0.2) is 0 Å². The summed E-state index contributed by atoms with van der Waals surface area (Å²) in [7, 11) is 0. The summed E-state index contributed by atoms with van der Waals surface area (Å²) >= 11 is 0. The van der Waals surface area contributed by atoms with Crippen LogP contribution < -0.4 is 0 Å². The smallest absolute Gasteiger partial charge is 0.246 e. The third kappa shape index (κ3) is 5.95. The Hall–Kier alpha value is -2.66. The van der Waals surface area contributed by atoms with Crippen LogP contribution >= 0.6 is 0 Å². The number of likely N-dealkylation sites (tertiary alicyclic amines) is 1. The third-order valence-corrected chi connectivity index (χ3v) is 6.44. The number of benzene rings is 2. The molecule has 0 saturated carbocycles. The number of hydrogen-bond donors (Lipinski definition) is 0. The van der Waals surface area contributed by atoms with Gasteiger partial charge in [-0.1, -0.05) is 42.8 Å². The van der Waals surface area contributed by atoms with E-state index in [2.05, 4.69) is 29.2 Å².